The molecule has 0 unspecified atom stereocenters. The molecule has 0 aliphatic rings. The number of H-pyrrole nitrogens is 1. The molecule has 0 fully saturated rings. The fourth-order valence-corrected chi connectivity index (χ4v) is 2.10. The Morgan fingerprint density at radius 3 is 2.74 bits per heavy atom. The lowest BCUT2D eigenvalue weighted by Crippen LogP contribution is -2.18. The van der Waals surface area contributed by atoms with Crippen LogP contribution in [0, 0.1) is 0 Å². The van der Waals surface area contributed by atoms with Crippen molar-refractivity contribution < 1.29 is 14.3 Å². The highest BCUT2D eigenvalue weighted by atomic mass is 16.4. The molecule has 0 saturated heterocycles. The molecule has 0 atom stereocenters. The molecular formula is C14H9NO4. The number of aromatic amines is 1. The topological polar surface area (TPSA) is 83.3 Å². The van der Waals surface area contributed by atoms with Gasteiger partial charge in [-0.15, -0.1) is 0 Å². The number of carboxylic acids is 1. The summed E-state index contributed by atoms with van der Waals surface area (Å²) >= 11 is 0. The summed E-state index contributed by atoms with van der Waals surface area (Å²) in [6.07, 6.45) is 2.89. The molecule has 3 aromatic rings. The number of hydrogen-bond acceptors (Lipinski definition) is 3. The van der Waals surface area contributed by atoms with Gasteiger partial charge in [0.15, 0.2) is 0 Å². The van der Waals surface area contributed by atoms with Crippen LogP contribution in [0.3, 0.4) is 0 Å². The second-order valence-electron chi connectivity index (χ2n) is 4.05. The second kappa shape index (κ2) is 4.13. The van der Waals surface area contributed by atoms with E-state index in [0.29, 0.717) is 16.7 Å². The normalized spacial score (nSPS) is 10.7. The quantitative estimate of drug-likeness (QED) is 0.736. The van der Waals surface area contributed by atoms with Crippen molar-refractivity contribution in [2.45, 2.75) is 0 Å². The van der Waals surface area contributed by atoms with E-state index in [2.05, 4.69) is 4.98 Å². The molecule has 1 aromatic carbocycles. The molecule has 3 rings (SSSR count). The van der Waals surface area contributed by atoms with Gasteiger partial charge in [-0.2, -0.15) is 0 Å². The molecule has 2 aromatic heterocycles. The molecule has 0 saturated carbocycles. The minimum Gasteiger partial charge on any atom is -0.477 e. The lowest BCUT2D eigenvalue weighted by molar-refractivity contribution is 0.0696. The van der Waals surface area contributed by atoms with Gasteiger partial charge < -0.3 is 14.5 Å². The first kappa shape index (κ1) is 11.3. The van der Waals surface area contributed by atoms with E-state index in [4.69, 9.17) is 9.52 Å². The Morgan fingerprint density at radius 2 is 1.95 bits per heavy atom. The van der Waals surface area contributed by atoms with Crippen molar-refractivity contribution in [1.29, 1.82) is 0 Å². The molecule has 5 nitrogen and oxygen atoms in total. The monoisotopic (exact) mass is 255 g/mol. The number of benzene rings is 1. The van der Waals surface area contributed by atoms with Crippen LogP contribution in [-0.4, -0.2) is 16.1 Å². The average molecular weight is 255 g/mol. The van der Waals surface area contributed by atoms with Crippen molar-refractivity contribution in [1.82, 2.24) is 4.98 Å². The third kappa shape index (κ3) is 1.72. The van der Waals surface area contributed by atoms with E-state index in [1.54, 1.807) is 12.1 Å². The Balaban J connectivity index is 2.37. The summed E-state index contributed by atoms with van der Waals surface area (Å²) in [5.41, 5.74) is 0.679. The molecule has 0 spiro atoms. The van der Waals surface area contributed by atoms with Crippen LogP contribution in [0.25, 0.3) is 22.1 Å². The highest BCUT2D eigenvalue weighted by Crippen LogP contribution is 2.31. The number of furan rings is 1. The predicted octanol–water partition coefficient (Wildman–Crippen LogP) is 2.49. The summed E-state index contributed by atoms with van der Waals surface area (Å²) in [4.78, 5) is 25.2. The fourth-order valence-electron chi connectivity index (χ4n) is 2.10. The van der Waals surface area contributed by atoms with E-state index >= 15 is 0 Å². The van der Waals surface area contributed by atoms with Crippen LogP contribution >= 0.6 is 0 Å². The first-order valence-corrected chi connectivity index (χ1v) is 5.60. The van der Waals surface area contributed by atoms with Gasteiger partial charge in [0, 0.05) is 22.7 Å². The molecule has 0 aliphatic heterocycles. The van der Waals surface area contributed by atoms with E-state index in [1.165, 1.54) is 12.5 Å². The molecule has 2 heterocycles. The summed E-state index contributed by atoms with van der Waals surface area (Å²) in [6.45, 7) is 0. The van der Waals surface area contributed by atoms with Crippen LogP contribution in [-0.2, 0) is 0 Å². The zero-order valence-electron chi connectivity index (χ0n) is 9.71. The first-order chi connectivity index (χ1) is 9.18. The van der Waals surface area contributed by atoms with E-state index in [1.807, 2.05) is 18.2 Å². The fraction of sp³-hybridized carbons (Fsp3) is 0. The van der Waals surface area contributed by atoms with Crippen molar-refractivity contribution >= 4 is 16.9 Å². The smallest absolute Gasteiger partial charge is 0.341 e. The van der Waals surface area contributed by atoms with Crippen LogP contribution < -0.4 is 5.56 Å². The number of hydrogen-bond donors (Lipinski definition) is 2. The van der Waals surface area contributed by atoms with E-state index < -0.39 is 11.5 Å². The minimum absolute atomic E-state index is 0.283. The molecular weight excluding hydrogens is 246 g/mol. The van der Waals surface area contributed by atoms with Gasteiger partial charge in [-0.05, 0) is 12.1 Å². The molecule has 19 heavy (non-hydrogen) atoms. The summed E-state index contributed by atoms with van der Waals surface area (Å²) in [6, 6.07) is 8.82. The summed E-state index contributed by atoms with van der Waals surface area (Å²) < 4.78 is 5.37. The zero-order chi connectivity index (χ0) is 13.4. The maximum absolute atomic E-state index is 11.6. The Labute approximate surface area is 107 Å². The third-order valence-corrected chi connectivity index (χ3v) is 2.95. The third-order valence-electron chi connectivity index (χ3n) is 2.95. The van der Waals surface area contributed by atoms with Gasteiger partial charge in [0.25, 0.3) is 5.56 Å². The number of para-hydroxylation sites is 1. The Kier molecular flexibility index (Phi) is 2.45. The average Bonchev–Trinajstić information content (AvgIpc) is 2.81. The number of carbonyl (C=O) groups is 1. The van der Waals surface area contributed by atoms with Crippen molar-refractivity contribution in [3.63, 3.8) is 0 Å². The van der Waals surface area contributed by atoms with Gasteiger partial charge in [-0.25, -0.2) is 4.79 Å². The standard InChI is InChI=1S/C14H9NO4/c16-13-12(14(17)18)9(5-6-15-13)10-7-19-11-4-2-1-3-8(10)11/h1-7H,(H,15,16)(H,17,18). The molecule has 0 aliphatic carbocycles. The predicted molar refractivity (Wildman–Crippen MR) is 69.2 cm³/mol. The Hall–Kier alpha value is -2.82. The number of rotatable bonds is 2. The van der Waals surface area contributed by atoms with Crippen LogP contribution in [0.2, 0.25) is 0 Å². The van der Waals surface area contributed by atoms with Crippen molar-refractivity contribution in [2.24, 2.45) is 0 Å². The Morgan fingerprint density at radius 1 is 1.16 bits per heavy atom. The number of fused-ring (bicyclic) bond motifs is 1. The summed E-state index contributed by atoms with van der Waals surface area (Å²) in [7, 11) is 0. The summed E-state index contributed by atoms with van der Waals surface area (Å²) in [5, 5.41) is 9.94. The highest BCUT2D eigenvalue weighted by Gasteiger charge is 2.18. The van der Waals surface area contributed by atoms with Gasteiger partial charge in [0.2, 0.25) is 0 Å². The van der Waals surface area contributed by atoms with Gasteiger partial charge in [0.05, 0.1) is 6.26 Å². The molecule has 0 radical (unpaired) electrons. The first-order valence-electron chi connectivity index (χ1n) is 5.60. The minimum atomic E-state index is -1.26. The van der Waals surface area contributed by atoms with E-state index in [-0.39, 0.29) is 5.56 Å². The lowest BCUT2D eigenvalue weighted by Gasteiger charge is -2.02. The number of aromatic nitrogens is 1. The Bertz CT molecular complexity index is 829. The van der Waals surface area contributed by atoms with Crippen LogP contribution in [0.15, 0.2) is 52.0 Å². The summed E-state index contributed by atoms with van der Waals surface area (Å²) in [5.74, 6) is -1.26. The molecule has 94 valence electrons. The van der Waals surface area contributed by atoms with Gasteiger partial charge in [-0.3, -0.25) is 4.79 Å². The van der Waals surface area contributed by atoms with Gasteiger partial charge in [0.1, 0.15) is 11.1 Å². The van der Waals surface area contributed by atoms with Crippen LogP contribution in [0.1, 0.15) is 10.4 Å². The van der Waals surface area contributed by atoms with Gasteiger partial charge in [-0.1, -0.05) is 18.2 Å². The number of nitrogens with one attached hydrogen (secondary N) is 1. The number of pyridine rings is 1. The molecule has 2 N–H and O–H groups in total. The lowest BCUT2D eigenvalue weighted by atomic mass is 10.0. The number of carboxylic acid groups (broad SMARTS) is 1. The van der Waals surface area contributed by atoms with Crippen LogP contribution in [0.5, 0.6) is 0 Å². The van der Waals surface area contributed by atoms with E-state index in [9.17, 15) is 9.59 Å². The molecule has 0 amide bonds. The van der Waals surface area contributed by atoms with Crippen molar-refractivity contribution in [2.75, 3.05) is 0 Å². The number of aromatic carboxylic acids is 1. The molecule has 0 bridgehead atoms. The second-order valence-corrected chi connectivity index (χ2v) is 4.05. The van der Waals surface area contributed by atoms with Crippen molar-refractivity contribution in [3.8, 4) is 11.1 Å². The SMILES string of the molecule is O=C(O)c1c(-c2coc3ccccc23)cc[nH]c1=O. The molecule has 5 heteroatoms. The maximum Gasteiger partial charge on any atom is 0.341 e. The maximum atomic E-state index is 11.6. The van der Waals surface area contributed by atoms with Gasteiger partial charge >= 0.3 is 5.97 Å². The van der Waals surface area contributed by atoms with E-state index in [0.717, 1.165) is 5.39 Å². The van der Waals surface area contributed by atoms with Crippen LogP contribution in [0.4, 0.5) is 0 Å². The van der Waals surface area contributed by atoms with Crippen molar-refractivity contribution in [3.05, 3.63) is 58.7 Å². The largest absolute Gasteiger partial charge is 0.477 e. The highest BCUT2D eigenvalue weighted by molar-refractivity contribution is 6.02. The zero-order valence-corrected chi connectivity index (χ0v) is 9.71.